The largest absolute Gasteiger partial charge is 0.481 e. The van der Waals surface area contributed by atoms with Crippen LogP contribution in [0.3, 0.4) is 0 Å². The number of urea groups is 1. The van der Waals surface area contributed by atoms with Gasteiger partial charge in [0.05, 0.1) is 5.94 Å². The molecule has 1 fully saturated rings. The van der Waals surface area contributed by atoms with Crippen LogP contribution < -0.4 is 16.4 Å². The van der Waals surface area contributed by atoms with Crippen molar-refractivity contribution in [2.75, 3.05) is 18.4 Å². The SMILES string of the molecule is CC(N)(CCCCCC(=O)O)C(B(O)O)N1CCC(NC(=O)Nc2ccc(F)cc2)C1. The van der Waals surface area contributed by atoms with Crippen molar-refractivity contribution < 1.29 is 29.1 Å². The lowest BCUT2D eigenvalue weighted by Crippen LogP contribution is -2.63. The van der Waals surface area contributed by atoms with E-state index in [1.54, 1.807) is 6.92 Å². The Morgan fingerprint density at radius 3 is 2.58 bits per heavy atom. The van der Waals surface area contributed by atoms with Gasteiger partial charge in [-0.25, -0.2) is 9.18 Å². The quantitative estimate of drug-likeness (QED) is 0.224. The number of nitrogens with two attached hydrogens (primary N) is 1. The lowest BCUT2D eigenvalue weighted by Gasteiger charge is -2.40. The molecule has 0 bridgehead atoms. The molecule has 3 atom stereocenters. The van der Waals surface area contributed by atoms with Gasteiger partial charge in [0.15, 0.2) is 0 Å². The second-order valence-electron chi connectivity index (χ2n) is 8.40. The van der Waals surface area contributed by atoms with E-state index in [4.69, 9.17) is 10.8 Å². The number of unbranched alkanes of at least 4 members (excludes halogenated alkanes) is 2. The number of nitrogens with zero attached hydrogens (tertiary/aromatic N) is 1. The molecule has 0 spiro atoms. The van der Waals surface area contributed by atoms with Crippen LogP contribution in [0.25, 0.3) is 0 Å². The molecule has 2 amide bonds. The van der Waals surface area contributed by atoms with Crippen LogP contribution in [0.2, 0.25) is 0 Å². The molecule has 1 saturated heterocycles. The molecule has 0 aromatic heterocycles. The molecule has 31 heavy (non-hydrogen) atoms. The number of benzene rings is 1. The maximum atomic E-state index is 13.0. The molecule has 3 unspecified atom stereocenters. The van der Waals surface area contributed by atoms with Gasteiger partial charge in [-0.1, -0.05) is 12.8 Å². The van der Waals surface area contributed by atoms with Gasteiger partial charge in [0.1, 0.15) is 5.82 Å². The summed E-state index contributed by atoms with van der Waals surface area (Å²) in [6.07, 6.45) is 3.16. The first kappa shape index (κ1) is 25.1. The summed E-state index contributed by atoms with van der Waals surface area (Å²) >= 11 is 0. The zero-order chi connectivity index (χ0) is 23.0. The Kier molecular flexibility index (Phi) is 9.23. The number of aliphatic carboxylic acids is 1. The number of amides is 2. The number of carbonyl (C=O) groups is 2. The Hall–Kier alpha value is -2.21. The fraction of sp³-hybridized carbons (Fsp3) is 0.600. The average Bonchev–Trinajstić information content (AvgIpc) is 3.09. The highest BCUT2D eigenvalue weighted by Gasteiger charge is 2.44. The number of halogens is 1. The van der Waals surface area contributed by atoms with Gasteiger partial charge in [-0.05, 0) is 50.5 Å². The van der Waals surface area contributed by atoms with Crippen LogP contribution in [-0.4, -0.2) is 69.8 Å². The van der Waals surface area contributed by atoms with Crippen molar-refractivity contribution in [2.45, 2.75) is 63.0 Å². The topological polar surface area (TPSA) is 148 Å². The molecular formula is C20H32BFN4O5. The maximum absolute atomic E-state index is 13.0. The zero-order valence-corrected chi connectivity index (χ0v) is 17.8. The van der Waals surface area contributed by atoms with Crippen LogP contribution in [0.4, 0.5) is 14.9 Å². The number of carbonyl (C=O) groups excluding carboxylic acids is 1. The smallest absolute Gasteiger partial charge is 0.471 e. The molecule has 7 N–H and O–H groups in total. The predicted molar refractivity (Wildman–Crippen MR) is 116 cm³/mol. The number of anilines is 1. The molecule has 1 heterocycles. The normalized spacial score (nSPS) is 19.5. The number of carboxylic acids is 1. The van der Waals surface area contributed by atoms with E-state index in [1.165, 1.54) is 24.3 Å². The van der Waals surface area contributed by atoms with Gasteiger partial charge < -0.3 is 31.5 Å². The first-order valence-electron chi connectivity index (χ1n) is 10.5. The number of carboxylic acid groups (broad SMARTS) is 1. The third-order valence-corrected chi connectivity index (χ3v) is 5.61. The summed E-state index contributed by atoms with van der Waals surface area (Å²) in [6, 6.07) is 4.81. The van der Waals surface area contributed by atoms with Gasteiger partial charge in [-0.2, -0.15) is 0 Å². The Labute approximate surface area is 181 Å². The van der Waals surface area contributed by atoms with Gasteiger partial charge >= 0.3 is 19.1 Å². The molecule has 2 rings (SSSR count). The fourth-order valence-electron chi connectivity index (χ4n) is 4.10. The highest BCUT2D eigenvalue weighted by molar-refractivity contribution is 6.43. The molecule has 1 aliphatic heterocycles. The van der Waals surface area contributed by atoms with Crippen LogP contribution in [0.5, 0.6) is 0 Å². The van der Waals surface area contributed by atoms with Crippen LogP contribution >= 0.6 is 0 Å². The molecule has 0 saturated carbocycles. The molecule has 9 nitrogen and oxygen atoms in total. The highest BCUT2D eigenvalue weighted by Crippen LogP contribution is 2.25. The first-order valence-corrected chi connectivity index (χ1v) is 10.5. The van der Waals surface area contributed by atoms with Crippen LogP contribution in [0.15, 0.2) is 24.3 Å². The molecule has 1 aromatic carbocycles. The van der Waals surface area contributed by atoms with Crippen LogP contribution in [-0.2, 0) is 4.79 Å². The average molecular weight is 438 g/mol. The van der Waals surface area contributed by atoms with Crippen molar-refractivity contribution in [1.82, 2.24) is 10.2 Å². The summed E-state index contributed by atoms with van der Waals surface area (Å²) in [5.41, 5.74) is 6.00. The second kappa shape index (κ2) is 11.4. The Morgan fingerprint density at radius 2 is 1.97 bits per heavy atom. The molecule has 0 radical (unpaired) electrons. The van der Waals surface area contributed by atoms with E-state index in [2.05, 4.69) is 10.6 Å². The van der Waals surface area contributed by atoms with Gasteiger partial charge in [0.2, 0.25) is 0 Å². The van der Waals surface area contributed by atoms with Gasteiger partial charge in [0.25, 0.3) is 0 Å². The second-order valence-corrected chi connectivity index (χ2v) is 8.40. The number of likely N-dealkylation sites (tertiary alicyclic amines) is 1. The lowest BCUT2D eigenvalue weighted by molar-refractivity contribution is -0.137. The van der Waals surface area contributed by atoms with E-state index in [9.17, 15) is 24.0 Å². The summed E-state index contributed by atoms with van der Waals surface area (Å²) in [6.45, 7) is 2.71. The predicted octanol–water partition coefficient (Wildman–Crippen LogP) is 1.15. The number of rotatable bonds is 11. The van der Waals surface area contributed by atoms with E-state index in [0.717, 1.165) is 0 Å². The maximum Gasteiger partial charge on any atom is 0.471 e. The van der Waals surface area contributed by atoms with Crippen molar-refractivity contribution >= 4 is 24.8 Å². The first-order chi connectivity index (χ1) is 14.6. The molecule has 11 heteroatoms. The third kappa shape index (κ3) is 8.10. The van der Waals surface area contributed by atoms with Gasteiger partial charge in [0, 0.05) is 36.8 Å². The minimum atomic E-state index is -1.65. The summed E-state index contributed by atoms with van der Waals surface area (Å²) in [5, 5.41) is 34.2. The lowest BCUT2D eigenvalue weighted by atomic mass is 9.66. The summed E-state index contributed by atoms with van der Waals surface area (Å²) in [5.74, 6) is -1.95. The van der Waals surface area contributed by atoms with Crippen molar-refractivity contribution in [1.29, 1.82) is 0 Å². The van der Waals surface area contributed by atoms with Crippen molar-refractivity contribution in [3.05, 3.63) is 30.1 Å². The van der Waals surface area contributed by atoms with E-state index in [-0.39, 0.29) is 12.5 Å². The highest BCUT2D eigenvalue weighted by atomic mass is 19.1. The Balaban J connectivity index is 1.86. The van der Waals surface area contributed by atoms with Gasteiger partial charge in [-0.3, -0.25) is 9.69 Å². The van der Waals surface area contributed by atoms with Crippen molar-refractivity contribution in [2.24, 2.45) is 5.73 Å². The minimum Gasteiger partial charge on any atom is -0.481 e. The van der Waals surface area contributed by atoms with Crippen molar-refractivity contribution in [3.63, 3.8) is 0 Å². The summed E-state index contributed by atoms with van der Waals surface area (Å²) < 4.78 is 13.0. The number of hydrogen-bond donors (Lipinski definition) is 6. The molecule has 172 valence electrons. The summed E-state index contributed by atoms with van der Waals surface area (Å²) in [7, 11) is -1.65. The van der Waals surface area contributed by atoms with Crippen LogP contribution in [0.1, 0.15) is 45.4 Å². The molecular weight excluding hydrogens is 406 g/mol. The zero-order valence-electron chi connectivity index (χ0n) is 17.8. The third-order valence-electron chi connectivity index (χ3n) is 5.61. The summed E-state index contributed by atoms with van der Waals surface area (Å²) in [4.78, 5) is 24.7. The Morgan fingerprint density at radius 1 is 1.29 bits per heavy atom. The molecule has 1 aliphatic rings. The number of nitrogens with one attached hydrogen (secondary N) is 2. The minimum absolute atomic E-state index is 0.104. The van der Waals surface area contributed by atoms with E-state index >= 15 is 0 Å². The van der Waals surface area contributed by atoms with E-state index in [1.807, 2.05) is 4.90 Å². The molecule has 1 aromatic rings. The van der Waals surface area contributed by atoms with E-state index < -0.39 is 36.4 Å². The van der Waals surface area contributed by atoms with Crippen LogP contribution in [0, 0.1) is 5.82 Å². The Bertz CT molecular complexity index is 735. The monoisotopic (exact) mass is 438 g/mol. The molecule has 0 aliphatic carbocycles. The van der Waals surface area contributed by atoms with E-state index in [0.29, 0.717) is 50.9 Å². The van der Waals surface area contributed by atoms with Crippen molar-refractivity contribution in [3.8, 4) is 0 Å². The number of hydrogen-bond acceptors (Lipinski definition) is 6. The standard InChI is InChI=1S/C20H32BFN4O5/c1-20(23,11-4-2-3-5-17(27)28)18(21(30)31)26-12-10-16(13-26)25-19(29)24-15-8-6-14(22)7-9-15/h6-9,16,18,30-31H,2-5,10-13,23H2,1H3,(H,27,28)(H2,24,25,29). The fourth-order valence-corrected chi connectivity index (χ4v) is 4.10. The van der Waals surface area contributed by atoms with Gasteiger partial charge in [-0.15, -0.1) is 0 Å².